The van der Waals surface area contributed by atoms with Gasteiger partial charge in [-0.05, 0) is 51.4 Å². The molecule has 6 atom stereocenters. The number of aliphatic hydroxyl groups is 5. The summed E-state index contributed by atoms with van der Waals surface area (Å²) in [5.74, 6) is -1.10. The number of esters is 2. The zero-order chi connectivity index (χ0) is 50.6. The van der Waals surface area contributed by atoms with E-state index in [2.05, 4.69) is 62.5 Å². The van der Waals surface area contributed by atoms with Crippen LogP contribution in [0.2, 0.25) is 0 Å². The van der Waals surface area contributed by atoms with Crippen molar-refractivity contribution in [3.63, 3.8) is 0 Å². The second-order valence-corrected chi connectivity index (χ2v) is 20.5. The molecule has 0 radical (unpaired) electrons. The molecule has 13 nitrogen and oxygen atoms in total. The first-order valence-electron chi connectivity index (χ1n) is 27.4. The molecule has 0 aromatic heterocycles. The Morgan fingerprint density at radius 1 is 0.464 bits per heavy atom. The first kappa shape index (κ1) is 64.8. The highest BCUT2D eigenvalue weighted by atomic mass is 31.2. The summed E-state index contributed by atoms with van der Waals surface area (Å²) in [6, 6.07) is 0. The van der Waals surface area contributed by atoms with Crippen molar-refractivity contribution in [2.45, 2.75) is 275 Å². The second kappa shape index (κ2) is 44.5. The van der Waals surface area contributed by atoms with Gasteiger partial charge in [0.2, 0.25) is 0 Å². The monoisotopic (exact) mass is 999 g/mol. The van der Waals surface area contributed by atoms with Gasteiger partial charge in [0.15, 0.2) is 6.10 Å². The van der Waals surface area contributed by atoms with Crippen molar-refractivity contribution in [2.75, 3.05) is 13.2 Å². The van der Waals surface area contributed by atoms with E-state index >= 15 is 0 Å². The summed E-state index contributed by atoms with van der Waals surface area (Å²) < 4.78 is 33.7. The molecule has 1 aliphatic rings. The summed E-state index contributed by atoms with van der Waals surface area (Å²) in [5.41, 5.74) is 0. The maximum atomic E-state index is 12.9. The first-order chi connectivity index (χ1) is 33.4. The molecule has 1 aliphatic carbocycles. The number of rotatable bonds is 46. The van der Waals surface area contributed by atoms with Gasteiger partial charge < -0.3 is 39.9 Å². The van der Waals surface area contributed by atoms with Crippen LogP contribution in [0.15, 0.2) is 48.6 Å². The van der Waals surface area contributed by atoms with Crippen LogP contribution in [0.5, 0.6) is 0 Å². The number of hydrogen-bond donors (Lipinski definition) is 6. The maximum absolute atomic E-state index is 12.9. The van der Waals surface area contributed by atoms with E-state index < -0.39 is 75.7 Å². The van der Waals surface area contributed by atoms with E-state index in [1.54, 1.807) is 0 Å². The van der Waals surface area contributed by atoms with Crippen molar-refractivity contribution in [2.24, 2.45) is 0 Å². The summed E-state index contributed by atoms with van der Waals surface area (Å²) in [5, 5.41) is 50.3. The molecule has 1 saturated carbocycles. The topological polar surface area (TPSA) is 210 Å². The number of carbonyl (C=O) groups excluding carboxylic acids is 2. The molecule has 0 aliphatic heterocycles. The standard InChI is InChI=1S/C55H99O13P/c1-3-5-7-9-11-13-15-17-19-21-23-24-26-28-30-32-34-36-38-40-42-44-49(57)67-47(46-66-69(63,64)68-55-53(61)51(59)50(58)52(60)54(55)62)45-65-48(56)43-41-39-37-35-33-31-29-27-25-22-20-18-16-14-12-10-8-6-4-2/h5,7,11,13,17,19,23-24,47,50-55,58-62H,3-4,6,8-10,12,14-16,18,20-22,25-46H2,1-2H3,(H,63,64)/b7-5-,13-11-,19-17-,24-23-. The molecular weight excluding hydrogens is 900 g/mol. The minimum Gasteiger partial charge on any atom is -0.462 e. The van der Waals surface area contributed by atoms with Gasteiger partial charge in [-0.15, -0.1) is 0 Å². The van der Waals surface area contributed by atoms with E-state index in [1.165, 1.54) is 109 Å². The Bertz CT molecular complexity index is 1390. The van der Waals surface area contributed by atoms with Crippen LogP contribution in [-0.2, 0) is 32.7 Å². The Kier molecular flexibility index (Phi) is 41.8. The fourth-order valence-corrected chi connectivity index (χ4v) is 9.31. The molecule has 1 fully saturated rings. The van der Waals surface area contributed by atoms with Crippen molar-refractivity contribution in [3.8, 4) is 0 Å². The molecule has 0 bridgehead atoms. The Labute approximate surface area is 418 Å². The average Bonchev–Trinajstić information content (AvgIpc) is 3.33. The van der Waals surface area contributed by atoms with Crippen LogP contribution in [0.3, 0.4) is 0 Å². The van der Waals surface area contributed by atoms with Gasteiger partial charge in [-0.2, -0.15) is 0 Å². The lowest BCUT2D eigenvalue weighted by Crippen LogP contribution is -2.64. The first-order valence-corrected chi connectivity index (χ1v) is 28.9. The van der Waals surface area contributed by atoms with Gasteiger partial charge >= 0.3 is 19.8 Å². The zero-order valence-corrected chi connectivity index (χ0v) is 44.0. The summed E-state index contributed by atoms with van der Waals surface area (Å²) in [6.45, 7) is 3.22. The highest BCUT2D eigenvalue weighted by molar-refractivity contribution is 7.47. The average molecular weight is 999 g/mol. The summed E-state index contributed by atoms with van der Waals surface area (Å²) in [6.07, 6.45) is 41.5. The lowest BCUT2D eigenvalue weighted by molar-refractivity contribution is -0.220. The van der Waals surface area contributed by atoms with Crippen molar-refractivity contribution in [1.29, 1.82) is 0 Å². The number of ether oxygens (including phenoxy) is 2. The van der Waals surface area contributed by atoms with Crippen molar-refractivity contribution in [1.82, 2.24) is 0 Å². The Morgan fingerprint density at radius 2 is 0.826 bits per heavy atom. The third kappa shape index (κ3) is 36.4. The molecule has 402 valence electrons. The van der Waals surface area contributed by atoms with Gasteiger partial charge in [0.1, 0.15) is 43.2 Å². The predicted octanol–water partition coefficient (Wildman–Crippen LogP) is 12.3. The molecule has 0 aromatic rings. The number of phosphoric ester groups is 1. The summed E-state index contributed by atoms with van der Waals surface area (Å²) in [4.78, 5) is 35.9. The van der Waals surface area contributed by atoms with Crippen LogP contribution in [0.1, 0.15) is 232 Å². The molecule has 0 saturated heterocycles. The third-order valence-electron chi connectivity index (χ3n) is 12.7. The molecule has 0 spiro atoms. The van der Waals surface area contributed by atoms with E-state index in [4.69, 9.17) is 18.5 Å². The van der Waals surface area contributed by atoms with E-state index in [-0.39, 0.29) is 12.8 Å². The van der Waals surface area contributed by atoms with Crippen LogP contribution in [0.4, 0.5) is 0 Å². The van der Waals surface area contributed by atoms with Crippen LogP contribution in [0, 0.1) is 0 Å². The Balaban J connectivity index is 2.37. The highest BCUT2D eigenvalue weighted by Crippen LogP contribution is 2.47. The normalized spacial score (nSPS) is 21.2. The fourth-order valence-electron chi connectivity index (χ4n) is 8.34. The van der Waals surface area contributed by atoms with Crippen LogP contribution in [-0.4, -0.2) is 98.3 Å². The van der Waals surface area contributed by atoms with E-state index in [0.29, 0.717) is 12.8 Å². The zero-order valence-electron chi connectivity index (χ0n) is 43.1. The Morgan fingerprint density at radius 3 is 1.26 bits per heavy atom. The predicted molar refractivity (Wildman–Crippen MR) is 276 cm³/mol. The van der Waals surface area contributed by atoms with Crippen molar-refractivity contribution < 1.29 is 63.1 Å². The van der Waals surface area contributed by atoms with Gasteiger partial charge in [-0.25, -0.2) is 4.57 Å². The fraction of sp³-hybridized carbons (Fsp3) is 0.818. The molecular formula is C55H99O13P. The number of hydrogen-bond acceptors (Lipinski definition) is 12. The molecule has 6 N–H and O–H groups in total. The summed E-state index contributed by atoms with van der Waals surface area (Å²) in [7, 11) is -5.13. The number of phosphoric acid groups is 1. The maximum Gasteiger partial charge on any atom is 0.472 e. The van der Waals surface area contributed by atoms with E-state index in [0.717, 1.165) is 83.5 Å². The molecule has 6 unspecified atom stereocenters. The minimum absolute atomic E-state index is 0.0878. The molecule has 0 amide bonds. The van der Waals surface area contributed by atoms with Crippen LogP contribution in [0.25, 0.3) is 0 Å². The lowest BCUT2D eigenvalue weighted by atomic mass is 9.85. The largest absolute Gasteiger partial charge is 0.472 e. The van der Waals surface area contributed by atoms with Crippen LogP contribution >= 0.6 is 7.82 Å². The molecule has 0 aromatic carbocycles. The van der Waals surface area contributed by atoms with Gasteiger partial charge in [-0.3, -0.25) is 18.6 Å². The van der Waals surface area contributed by atoms with Crippen LogP contribution < -0.4 is 0 Å². The van der Waals surface area contributed by atoms with Gasteiger partial charge in [0.05, 0.1) is 6.61 Å². The minimum atomic E-state index is -5.13. The number of allylic oxidation sites excluding steroid dienone is 8. The third-order valence-corrected chi connectivity index (χ3v) is 13.7. The van der Waals surface area contributed by atoms with Crippen molar-refractivity contribution >= 4 is 19.8 Å². The molecule has 14 heteroatoms. The SMILES string of the molecule is CC/C=C\C/C=C\C/C=C\C/C=C\CCCCCCCCCCC(=O)OC(COC(=O)CCCCCCCCCCCCCCCCCCCCC)COP(=O)(O)OC1C(O)C(O)C(O)C(O)C1O. The molecule has 69 heavy (non-hydrogen) atoms. The lowest BCUT2D eigenvalue weighted by Gasteiger charge is -2.41. The number of carbonyl (C=O) groups is 2. The van der Waals surface area contributed by atoms with E-state index in [9.17, 15) is 44.6 Å². The Hall–Kier alpha value is -2.19. The molecule has 0 heterocycles. The quantitative estimate of drug-likeness (QED) is 0.0145. The summed E-state index contributed by atoms with van der Waals surface area (Å²) >= 11 is 0. The molecule has 1 rings (SSSR count). The number of aliphatic hydroxyl groups excluding tert-OH is 5. The van der Waals surface area contributed by atoms with Gasteiger partial charge in [-0.1, -0.05) is 217 Å². The van der Waals surface area contributed by atoms with Gasteiger partial charge in [0.25, 0.3) is 0 Å². The van der Waals surface area contributed by atoms with Gasteiger partial charge in [0, 0.05) is 12.8 Å². The number of unbranched alkanes of at least 4 members (excludes halogenated alkanes) is 26. The smallest absolute Gasteiger partial charge is 0.462 e. The highest BCUT2D eigenvalue weighted by Gasteiger charge is 2.51. The van der Waals surface area contributed by atoms with Crippen molar-refractivity contribution in [3.05, 3.63) is 48.6 Å². The second-order valence-electron chi connectivity index (χ2n) is 19.1. The van der Waals surface area contributed by atoms with E-state index in [1.807, 2.05) is 0 Å².